The lowest BCUT2D eigenvalue weighted by Crippen LogP contribution is -2.28. The average Bonchev–Trinajstić information content (AvgIpc) is 2.30. The Morgan fingerprint density at radius 2 is 2.18 bits per heavy atom. The largest absolute Gasteiger partial charge is 0.329 e. The Balaban J connectivity index is 3.08. The van der Waals surface area contributed by atoms with Crippen molar-refractivity contribution < 1.29 is 12.8 Å². The minimum Gasteiger partial charge on any atom is -0.329 e. The van der Waals surface area contributed by atoms with Crippen LogP contribution in [0.4, 0.5) is 4.39 Å². The third-order valence-corrected chi connectivity index (χ3v) is 4.61. The molecular weight excluding hydrogens is 243 g/mol. The van der Waals surface area contributed by atoms with Gasteiger partial charge in [0.1, 0.15) is 5.82 Å². The SMILES string of the molecule is CC(CN)S(=O)(=O)Cc1cc(C#N)ccc1F. The van der Waals surface area contributed by atoms with Crippen molar-refractivity contribution in [3.63, 3.8) is 0 Å². The number of halogens is 1. The standard InChI is InChI=1S/C11H13FN2O2S/c1-8(5-13)17(15,16)7-10-4-9(6-14)2-3-11(10)12/h2-4,8H,5,7,13H2,1H3. The molecule has 0 fully saturated rings. The molecule has 0 heterocycles. The summed E-state index contributed by atoms with van der Waals surface area (Å²) in [5.74, 6) is -1.07. The van der Waals surface area contributed by atoms with Crippen molar-refractivity contribution in [3.05, 3.63) is 35.1 Å². The molecule has 0 aliphatic heterocycles. The Bertz CT molecular complexity index is 549. The van der Waals surface area contributed by atoms with Crippen LogP contribution in [0.1, 0.15) is 18.1 Å². The highest BCUT2D eigenvalue weighted by atomic mass is 32.2. The summed E-state index contributed by atoms with van der Waals surface area (Å²) in [6.07, 6.45) is 0. The van der Waals surface area contributed by atoms with E-state index in [2.05, 4.69) is 0 Å². The second-order valence-corrected chi connectivity index (χ2v) is 6.19. The second-order valence-electron chi connectivity index (χ2n) is 3.77. The second kappa shape index (κ2) is 5.25. The number of nitrogens with two attached hydrogens (primary N) is 1. The number of benzene rings is 1. The smallest absolute Gasteiger partial charge is 0.158 e. The quantitative estimate of drug-likeness (QED) is 0.869. The third kappa shape index (κ3) is 3.25. The molecule has 4 nitrogen and oxygen atoms in total. The van der Waals surface area contributed by atoms with Gasteiger partial charge in [0.2, 0.25) is 0 Å². The van der Waals surface area contributed by atoms with Gasteiger partial charge in [-0.15, -0.1) is 0 Å². The Kier molecular flexibility index (Phi) is 4.21. The lowest BCUT2D eigenvalue weighted by Gasteiger charge is -2.11. The molecule has 1 unspecified atom stereocenters. The van der Waals surface area contributed by atoms with E-state index < -0.39 is 26.7 Å². The zero-order valence-corrected chi connectivity index (χ0v) is 10.2. The molecule has 0 bridgehead atoms. The van der Waals surface area contributed by atoms with Crippen LogP contribution in [0, 0.1) is 17.1 Å². The lowest BCUT2D eigenvalue weighted by molar-refractivity contribution is 0.576. The maximum absolute atomic E-state index is 13.4. The van der Waals surface area contributed by atoms with Crippen LogP contribution in [-0.2, 0) is 15.6 Å². The Hall–Kier alpha value is -1.45. The number of hydrogen-bond donors (Lipinski definition) is 1. The summed E-state index contributed by atoms with van der Waals surface area (Å²) in [4.78, 5) is 0. The maximum Gasteiger partial charge on any atom is 0.158 e. The van der Waals surface area contributed by atoms with Gasteiger partial charge < -0.3 is 5.73 Å². The van der Waals surface area contributed by atoms with Crippen molar-refractivity contribution in [2.45, 2.75) is 17.9 Å². The van der Waals surface area contributed by atoms with Crippen LogP contribution in [0.5, 0.6) is 0 Å². The Labute approximate surface area is 99.8 Å². The first-order valence-electron chi connectivity index (χ1n) is 5.01. The summed E-state index contributed by atoms with van der Waals surface area (Å²) in [7, 11) is -3.49. The molecule has 92 valence electrons. The number of rotatable bonds is 4. The van der Waals surface area contributed by atoms with E-state index in [0.717, 1.165) is 6.07 Å². The van der Waals surface area contributed by atoms with Crippen molar-refractivity contribution in [1.29, 1.82) is 5.26 Å². The highest BCUT2D eigenvalue weighted by Gasteiger charge is 2.21. The summed E-state index contributed by atoms with van der Waals surface area (Å²) in [6.45, 7) is 1.46. The minimum absolute atomic E-state index is 0.00403. The van der Waals surface area contributed by atoms with E-state index in [4.69, 9.17) is 11.0 Å². The fraction of sp³-hybridized carbons (Fsp3) is 0.364. The van der Waals surface area contributed by atoms with Gasteiger partial charge in [0.05, 0.1) is 22.6 Å². The van der Waals surface area contributed by atoms with Crippen molar-refractivity contribution >= 4 is 9.84 Å². The molecule has 0 amide bonds. The molecule has 6 heteroatoms. The molecule has 1 aromatic carbocycles. The number of hydrogen-bond acceptors (Lipinski definition) is 4. The summed E-state index contributed by atoms with van der Waals surface area (Å²) >= 11 is 0. The van der Waals surface area contributed by atoms with Gasteiger partial charge in [-0.2, -0.15) is 5.26 Å². The van der Waals surface area contributed by atoms with E-state index in [-0.39, 0.29) is 17.7 Å². The van der Waals surface area contributed by atoms with Crippen molar-refractivity contribution in [3.8, 4) is 6.07 Å². The molecule has 1 aromatic rings. The predicted octanol–water partition coefficient (Wildman–Crippen LogP) is 0.959. The minimum atomic E-state index is -3.49. The molecule has 2 N–H and O–H groups in total. The van der Waals surface area contributed by atoms with Gasteiger partial charge in [-0.1, -0.05) is 0 Å². The van der Waals surface area contributed by atoms with Crippen LogP contribution in [0.15, 0.2) is 18.2 Å². The average molecular weight is 256 g/mol. The molecule has 0 saturated heterocycles. The van der Waals surface area contributed by atoms with Gasteiger partial charge in [0.25, 0.3) is 0 Å². The first-order chi connectivity index (χ1) is 7.90. The van der Waals surface area contributed by atoms with Crippen molar-refractivity contribution in [2.75, 3.05) is 6.54 Å². The Morgan fingerprint density at radius 1 is 1.53 bits per heavy atom. The first-order valence-corrected chi connectivity index (χ1v) is 6.72. The summed E-state index contributed by atoms with van der Waals surface area (Å²) in [5.41, 5.74) is 5.52. The van der Waals surface area contributed by atoms with Gasteiger partial charge >= 0.3 is 0 Å². The maximum atomic E-state index is 13.4. The molecule has 0 saturated carbocycles. The first kappa shape index (κ1) is 13.6. The van der Waals surface area contributed by atoms with E-state index in [1.165, 1.54) is 19.1 Å². The molecule has 0 spiro atoms. The predicted molar refractivity (Wildman–Crippen MR) is 62.3 cm³/mol. The van der Waals surface area contributed by atoms with Crippen LogP contribution in [0.25, 0.3) is 0 Å². The van der Waals surface area contributed by atoms with Crippen LogP contribution in [0.3, 0.4) is 0 Å². The van der Waals surface area contributed by atoms with Gasteiger partial charge in [0.15, 0.2) is 9.84 Å². The van der Waals surface area contributed by atoms with Gasteiger partial charge in [0, 0.05) is 12.1 Å². The highest BCUT2D eigenvalue weighted by molar-refractivity contribution is 7.91. The van der Waals surface area contributed by atoms with Crippen LogP contribution in [0.2, 0.25) is 0 Å². The molecule has 1 rings (SSSR count). The summed E-state index contributed by atoms with van der Waals surface area (Å²) in [5, 5.41) is 7.94. The van der Waals surface area contributed by atoms with Crippen molar-refractivity contribution in [1.82, 2.24) is 0 Å². The monoisotopic (exact) mass is 256 g/mol. The number of nitrogens with zero attached hydrogens (tertiary/aromatic N) is 1. The zero-order chi connectivity index (χ0) is 13.1. The summed E-state index contributed by atoms with van der Waals surface area (Å²) < 4.78 is 36.9. The molecule has 1 atom stereocenters. The van der Waals surface area contributed by atoms with Gasteiger partial charge in [-0.05, 0) is 25.1 Å². The van der Waals surface area contributed by atoms with E-state index >= 15 is 0 Å². The van der Waals surface area contributed by atoms with Crippen LogP contribution in [-0.4, -0.2) is 20.2 Å². The zero-order valence-electron chi connectivity index (χ0n) is 9.35. The third-order valence-electron chi connectivity index (χ3n) is 2.48. The van der Waals surface area contributed by atoms with Gasteiger partial charge in [-0.3, -0.25) is 0 Å². The van der Waals surface area contributed by atoms with E-state index in [9.17, 15) is 12.8 Å². The molecule has 0 aliphatic rings. The molecule has 0 aliphatic carbocycles. The van der Waals surface area contributed by atoms with Crippen molar-refractivity contribution in [2.24, 2.45) is 5.73 Å². The van der Waals surface area contributed by atoms with E-state index in [1.807, 2.05) is 6.07 Å². The van der Waals surface area contributed by atoms with Crippen LogP contribution < -0.4 is 5.73 Å². The molecular formula is C11H13FN2O2S. The molecule has 0 radical (unpaired) electrons. The van der Waals surface area contributed by atoms with Gasteiger partial charge in [-0.25, -0.2) is 12.8 Å². The number of sulfone groups is 1. The fourth-order valence-electron chi connectivity index (χ4n) is 1.26. The summed E-state index contributed by atoms with van der Waals surface area (Å²) in [6, 6.07) is 5.48. The fourth-order valence-corrected chi connectivity index (χ4v) is 2.49. The van der Waals surface area contributed by atoms with Crippen LogP contribution >= 0.6 is 0 Å². The highest BCUT2D eigenvalue weighted by Crippen LogP contribution is 2.16. The topological polar surface area (TPSA) is 84.0 Å². The normalized spacial score (nSPS) is 13.1. The van der Waals surface area contributed by atoms with E-state index in [0.29, 0.717) is 0 Å². The van der Waals surface area contributed by atoms with E-state index in [1.54, 1.807) is 0 Å². The Morgan fingerprint density at radius 3 is 2.71 bits per heavy atom. The molecule has 17 heavy (non-hydrogen) atoms. The number of nitriles is 1. The lowest BCUT2D eigenvalue weighted by atomic mass is 10.1. The molecule has 0 aromatic heterocycles.